The summed E-state index contributed by atoms with van der Waals surface area (Å²) in [5.74, 6) is -3.75. The zero-order chi connectivity index (χ0) is 17.7. The maximum absolute atomic E-state index is 6.06. The highest BCUT2D eigenvalue weighted by Gasteiger charge is 2.37. The second kappa shape index (κ2) is 7.93. The Morgan fingerprint density at radius 1 is 0.591 bits per heavy atom. The molecule has 0 radical (unpaired) electrons. The van der Waals surface area contributed by atoms with Crippen molar-refractivity contribution in [2.45, 2.75) is 76.6 Å². The van der Waals surface area contributed by atoms with Crippen LogP contribution in [-0.4, -0.2) is 23.3 Å². The van der Waals surface area contributed by atoms with Gasteiger partial charge in [-0.15, -0.1) is 0 Å². The molecule has 0 aromatic heterocycles. The number of hydrogen-bond donors (Lipinski definition) is 8. The fourth-order valence-corrected chi connectivity index (χ4v) is 1.81. The third kappa shape index (κ3) is 7.24. The number of nitrogens with two attached hydrogens (primary N) is 6. The van der Waals surface area contributed by atoms with Gasteiger partial charge in [-0.25, -0.2) is 10.6 Å². The molecule has 0 rings (SSSR count). The van der Waals surface area contributed by atoms with Crippen molar-refractivity contribution in [3.8, 4) is 0 Å². The van der Waals surface area contributed by atoms with Crippen LogP contribution in [0.1, 0.15) is 53.4 Å². The van der Waals surface area contributed by atoms with Gasteiger partial charge < -0.3 is 11.5 Å². The molecular formula is C12H34N8O2. The van der Waals surface area contributed by atoms with Gasteiger partial charge in [0.05, 0.1) is 11.3 Å². The van der Waals surface area contributed by atoms with Crippen molar-refractivity contribution < 1.29 is 9.78 Å². The Bertz CT molecular complexity index is 297. The molecule has 0 bridgehead atoms. The Labute approximate surface area is 132 Å². The molecule has 0 saturated heterocycles. The maximum atomic E-state index is 6.06. The minimum absolute atomic E-state index is 0.579. The van der Waals surface area contributed by atoms with E-state index in [4.69, 9.17) is 44.2 Å². The van der Waals surface area contributed by atoms with Gasteiger partial charge in [0.25, 0.3) is 11.9 Å². The van der Waals surface area contributed by atoms with Gasteiger partial charge in [-0.05, 0) is 25.7 Å². The van der Waals surface area contributed by atoms with E-state index in [1.54, 1.807) is 0 Å². The van der Waals surface area contributed by atoms with E-state index in [1.165, 1.54) is 0 Å². The molecular weight excluding hydrogens is 288 g/mol. The molecule has 0 saturated carbocycles. The van der Waals surface area contributed by atoms with Gasteiger partial charge in [-0.3, -0.25) is 22.9 Å². The molecule has 0 aromatic carbocycles. The standard InChI is InChI=1S/C12H34N8O2/c1-5-9(13,6-2)19-11(15,16)21-22-12(17,18)20-10(14,7-3)8-4/h19-20H,5-8,13-18H2,1-4H3. The minimum Gasteiger partial charge on any atom is -0.313 e. The zero-order valence-corrected chi connectivity index (χ0v) is 14.1. The lowest BCUT2D eigenvalue weighted by Gasteiger charge is -2.40. The SMILES string of the molecule is CCC(N)(CC)NC(N)(N)OOC(N)(N)NC(N)(CC)CC. The molecule has 10 heteroatoms. The van der Waals surface area contributed by atoms with Crippen molar-refractivity contribution in [2.24, 2.45) is 34.4 Å². The van der Waals surface area contributed by atoms with Crippen LogP contribution in [-0.2, 0) is 9.78 Å². The normalized spacial score (nSPS) is 14.5. The molecule has 0 spiro atoms. The summed E-state index contributed by atoms with van der Waals surface area (Å²) in [6, 6.07) is 0. The summed E-state index contributed by atoms with van der Waals surface area (Å²) in [6.45, 7) is 7.54. The predicted molar refractivity (Wildman–Crippen MR) is 85.7 cm³/mol. The summed E-state index contributed by atoms with van der Waals surface area (Å²) >= 11 is 0. The smallest absolute Gasteiger partial charge is 0.262 e. The molecule has 0 unspecified atom stereocenters. The maximum Gasteiger partial charge on any atom is 0.262 e. The van der Waals surface area contributed by atoms with Crippen LogP contribution in [0.4, 0.5) is 0 Å². The van der Waals surface area contributed by atoms with Crippen molar-refractivity contribution >= 4 is 0 Å². The van der Waals surface area contributed by atoms with Gasteiger partial charge in [-0.1, -0.05) is 27.7 Å². The van der Waals surface area contributed by atoms with Crippen LogP contribution in [0, 0.1) is 0 Å². The summed E-state index contributed by atoms with van der Waals surface area (Å²) < 4.78 is 0. The Morgan fingerprint density at radius 2 is 0.818 bits per heavy atom. The summed E-state index contributed by atoms with van der Waals surface area (Å²) in [6.07, 6.45) is 2.31. The molecule has 22 heavy (non-hydrogen) atoms. The lowest BCUT2D eigenvalue weighted by atomic mass is 10.1. The summed E-state index contributed by atoms with van der Waals surface area (Å²) in [7, 11) is 0. The van der Waals surface area contributed by atoms with E-state index < -0.39 is 23.3 Å². The van der Waals surface area contributed by atoms with Crippen LogP contribution in [0.3, 0.4) is 0 Å². The Kier molecular flexibility index (Phi) is 7.78. The van der Waals surface area contributed by atoms with E-state index in [0.29, 0.717) is 25.7 Å². The first kappa shape index (κ1) is 21.6. The Hall–Kier alpha value is -0.400. The lowest BCUT2D eigenvalue weighted by molar-refractivity contribution is -0.429. The van der Waals surface area contributed by atoms with Gasteiger partial charge in [0, 0.05) is 0 Å². The monoisotopic (exact) mass is 322 g/mol. The van der Waals surface area contributed by atoms with Gasteiger partial charge in [0.1, 0.15) is 0 Å². The highest BCUT2D eigenvalue weighted by molar-refractivity contribution is 4.83. The first-order valence-corrected chi connectivity index (χ1v) is 7.55. The van der Waals surface area contributed by atoms with E-state index in [9.17, 15) is 0 Å². The van der Waals surface area contributed by atoms with Crippen molar-refractivity contribution in [1.29, 1.82) is 0 Å². The van der Waals surface area contributed by atoms with E-state index in [2.05, 4.69) is 10.6 Å². The highest BCUT2D eigenvalue weighted by atomic mass is 17.2. The molecule has 0 aliphatic heterocycles. The average molecular weight is 322 g/mol. The van der Waals surface area contributed by atoms with Gasteiger partial charge >= 0.3 is 0 Å². The van der Waals surface area contributed by atoms with Crippen LogP contribution in [0.25, 0.3) is 0 Å². The Morgan fingerprint density at radius 3 is 1.00 bits per heavy atom. The topological polar surface area (TPSA) is 199 Å². The van der Waals surface area contributed by atoms with Crippen LogP contribution in [0.2, 0.25) is 0 Å². The van der Waals surface area contributed by atoms with Crippen LogP contribution in [0.5, 0.6) is 0 Å². The molecule has 10 nitrogen and oxygen atoms in total. The van der Waals surface area contributed by atoms with Gasteiger partial charge in [0.15, 0.2) is 0 Å². The van der Waals surface area contributed by atoms with E-state index in [0.717, 1.165) is 0 Å². The fraction of sp³-hybridized carbons (Fsp3) is 1.00. The molecule has 0 atom stereocenters. The van der Waals surface area contributed by atoms with Gasteiger partial charge in [0.2, 0.25) is 0 Å². The highest BCUT2D eigenvalue weighted by Crippen LogP contribution is 2.12. The van der Waals surface area contributed by atoms with Crippen LogP contribution < -0.4 is 45.0 Å². The fourth-order valence-electron chi connectivity index (χ4n) is 1.81. The zero-order valence-electron chi connectivity index (χ0n) is 14.1. The molecule has 0 aromatic rings. The van der Waals surface area contributed by atoms with Crippen molar-refractivity contribution in [3.63, 3.8) is 0 Å². The van der Waals surface area contributed by atoms with Crippen molar-refractivity contribution in [1.82, 2.24) is 10.6 Å². The Balaban J connectivity index is 4.69. The predicted octanol–water partition coefficient (Wildman–Crippen LogP) is -1.88. The van der Waals surface area contributed by atoms with Crippen LogP contribution in [0.15, 0.2) is 0 Å². The largest absolute Gasteiger partial charge is 0.313 e. The summed E-state index contributed by atoms with van der Waals surface area (Å²) in [5.41, 5.74) is 33.5. The first-order chi connectivity index (χ1) is 9.86. The van der Waals surface area contributed by atoms with E-state index >= 15 is 0 Å². The third-order valence-corrected chi connectivity index (χ3v) is 3.73. The molecule has 0 aliphatic carbocycles. The molecule has 0 heterocycles. The quantitative estimate of drug-likeness (QED) is 0.121. The van der Waals surface area contributed by atoms with Crippen LogP contribution >= 0.6 is 0 Å². The summed E-state index contributed by atoms with van der Waals surface area (Å²) in [5, 5.41) is 5.50. The van der Waals surface area contributed by atoms with E-state index in [1.807, 2.05) is 27.7 Å². The number of rotatable bonds is 11. The number of hydrogen-bond acceptors (Lipinski definition) is 10. The second-order valence-electron chi connectivity index (χ2n) is 5.73. The minimum atomic E-state index is -1.87. The summed E-state index contributed by atoms with van der Waals surface area (Å²) in [4.78, 5) is 9.85. The number of nitrogens with one attached hydrogen (secondary N) is 2. The molecule has 0 amide bonds. The van der Waals surface area contributed by atoms with Gasteiger partial charge in [-0.2, -0.15) is 9.78 Å². The van der Waals surface area contributed by atoms with Crippen molar-refractivity contribution in [2.75, 3.05) is 0 Å². The van der Waals surface area contributed by atoms with Crippen molar-refractivity contribution in [3.05, 3.63) is 0 Å². The molecule has 134 valence electrons. The molecule has 0 aliphatic rings. The molecule has 14 N–H and O–H groups in total. The van der Waals surface area contributed by atoms with E-state index in [-0.39, 0.29) is 0 Å². The first-order valence-electron chi connectivity index (χ1n) is 7.55. The third-order valence-electron chi connectivity index (χ3n) is 3.73. The second-order valence-corrected chi connectivity index (χ2v) is 5.73. The average Bonchev–Trinajstić information content (AvgIpc) is 2.44. The molecule has 0 fully saturated rings. The lowest BCUT2D eigenvalue weighted by Crippen LogP contribution is -2.76.